The van der Waals surface area contributed by atoms with E-state index in [0.717, 1.165) is 16.7 Å². The molecule has 0 saturated heterocycles. The Bertz CT molecular complexity index is 1250. The Morgan fingerprint density at radius 1 is 1.03 bits per heavy atom. The van der Waals surface area contributed by atoms with E-state index in [1.807, 2.05) is 50.2 Å². The number of allylic oxidation sites excluding steroid dienone is 1. The van der Waals surface area contributed by atoms with Crippen LogP contribution in [0.15, 0.2) is 87.6 Å². The molecule has 0 spiro atoms. The molecule has 0 saturated carbocycles. The summed E-state index contributed by atoms with van der Waals surface area (Å²) >= 11 is 7.50. The molecule has 3 aromatic rings. The maximum atomic E-state index is 13.2. The van der Waals surface area contributed by atoms with E-state index in [4.69, 9.17) is 11.6 Å². The Balaban J connectivity index is 2.04. The van der Waals surface area contributed by atoms with Crippen LogP contribution in [0.2, 0.25) is 5.02 Å². The minimum Gasteiger partial charge on any atom is -0.348 e. The van der Waals surface area contributed by atoms with E-state index < -0.39 is 9.84 Å². The van der Waals surface area contributed by atoms with Crippen LogP contribution in [-0.2, 0) is 15.6 Å². The molecule has 1 N–H and O–H groups in total. The van der Waals surface area contributed by atoms with Crippen molar-refractivity contribution in [2.75, 3.05) is 5.32 Å². The van der Waals surface area contributed by atoms with Crippen LogP contribution in [0.4, 0.5) is 5.69 Å². The topological polar surface area (TPSA) is 70.0 Å². The highest BCUT2D eigenvalue weighted by Crippen LogP contribution is 2.32. The molecule has 0 fully saturated rings. The summed E-state index contributed by atoms with van der Waals surface area (Å²) in [6.07, 6.45) is 0. The third-order valence-electron chi connectivity index (χ3n) is 4.56. The van der Waals surface area contributed by atoms with Gasteiger partial charge in [0.1, 0.15) is 11.1 Å². The molecule has 0 unspecified atom stereocenters. The van der Waals surface area contributed by atoms with Crippen molar-refractivity contribution in [2.24, 2.45) is 0 Å². The molecule has 0 aromatic heterocycles. The summed E-state index contributed by atoms with van der Waals surface area (Å²) in [4.78, 5) is -0.253. The average Bonchev–Trinajstić information content (AvgIpc) is 2.76. The molecule has 3 aromatic carbocycles. The number of thioether (sulfide) groups is 1. The molecular formula is C24H21ClN2O2S2. The van der Waals surface area contributed by atoms with Gasteiger partial charge in [-0.3, -0.25) is 0 Å². The van der Waals surface area contributed by atoms with Gasteiger partial charge in [-0.1, -0.05) is 65.7 Å². The van der Waals surface area contributed by atoms with Gasteiger partial charge >= 0.3 is 0 Å². The molecule has 0 amide bonds. The van der Waals surface area contributed by atoms with E-state index in [1.54, 1.807) is 30.3 Å². The number of hydrogen-bond acceptors (Lipinski definition) is 5. The zero-order valence-electron chi connectivity index (χ0n) is 17.1. The minimum absolute atomic E-state index is 0.0729. The van der Waals surface area contributed by atoms with Crippen LogP contribution in [-0.4, -0.2) is 8.42 Å². The maximum Gasteiger partial charge on any atom is 0.219 e. The standard InChI is InChI=1S/C24H21ClN2O2S2/c1-17-8-11-19(12-9-17)16-30-24(27-20-13-10-18(2)22(25)14-20)23(15-26)31(28,29)21-6-4-3-5-7-21/h3-14,27H,16H2,1-2H3. The summed E-state index contributed by atoms with van der Waals surface area (Å²) in [5.74, 6) is 0.498. The molecule has 0 heterocycles. The zero-order valence-corrected chi connectivity index (χ0v) is 19.5. The normalized spacial score (nSPS) is 12.1. The third kappa shape index (κ3) is 5.71. The number of nitrogens with zero attached hydrogens (tertiary/aromatic N) is 1. The van der Waals surface area contributed by atoms with E-state index in [9.17, 15) is 13.7 Å². The van der Waals surface area contributed by atoms with E-state index >= 15 is 0 Å². The van der Waals surface area contributed by atoms with E-state index in [-0.39, 0.29) is 14.8 Å². The van der Waals surface area contributed by atoms with Crippen LogP contribution in [0.1, 0.15) is 16.7 Å². The van der Waals surface area contributed by atoms with Gasteiger partial charge in [0.05, 0.1) is 4.90 Å². The fraction of sp³-hybridized carbons (Fsp3) is 0.125. The summed E-state index contributed by atoms with van der Waals surface area (Å²) < 4.78 is 26.4. The zero-order chi connectivity index (χ0) is 22.4. The largest absolute Gasteiger partial charge is 0.348 e. The van der Waals surface area contributed by atoms with Gasteiger partial charge in [-0.05, 0) is 49.2 Å². The van der Waals surface area contributed by atoms with Gasteiger partial charge in [0, 0.05) is 16.5 Å². The second-order valence-electron chi connectivity index (χ2n) is 6.95. The predicted octanol–water partition coefficient (Wildman–Crippen LogP) is 6.47. The van der Waals surface area contributed by atoms with Crippen LogP contribution < -0.4 is 5.32 Å². The van der Waals surface area contributed by atoms with Crippen molar-refractivity contribution in [3.05, 3.63) is 104 Å². The number of hydrogen-bond donors (Lipinski definition) is 1. The van der Waals surface area contributed by atoms with Gasteiger partial charge in [-0.25, -0.2) is 8.42 Å². The number of nitriles is 1. The number of halogens is 1. The van der Waals surface area contributed by atoms with E-state index in [0.29, 0.717) is 16.5 Å². The van der Waals surface area contributed by atoms with Crippen LogP contribution in [0, 0.1) is 25.2 Å². The van der Waals surface area contributed by atoms with Gasteiger partial charge in [0.2, 0.25) is 9.84 Å². The van der Waals surface area contributed by atoms with Crippen molar-refractivity contribution in [1.82, 2.24) is 0 Å². The molecule has 0 atom stereocenters. The van der Waals surface area contributed by atoms with Gasteiger partial charge in [0.25, 0.3) is 0 Å². The molecule has 0 aliphatic rings. The van der Waals surface area contributed by atoms with Crippen LogP contribution in [0.5, 0.6) is 0 Å². The van der Waals surface area contributed by atoms with Crippen molar-refractivity contribution in [2.45, 2.75) is 24.5 Å². The number of sulfone groups is 1. The molecule has 4 nitrogen and oxygen atoms in total. The number of benzene rings is 3. The average molecular weight is 469 g/mol. The first-order valence-electron chi connectivity index (χ1n) is 9.47. The first-order valence-corrected chi connectivity index (χ1v) is 12.3. The molecule has 0 aliphatic heterocycles. The Kier molecular flexibility index (Phi) is 7.45. The summed E-state index contributed by atoms with van der Waals surface area (Å²) in [6.45, 7) is 3.89. The summed E-state index contributed by atoms with van der Waals surface area (Å²) in [6, 6.07) is 23.2. The molecule has 0 radical (unpaired) electrons. The number of rotatable bonds is 7. The summed E-state index contributed by atoms with van der Waals surface area (Å²) in [5, 5.41) is 13.8. The Morgan fingerprint density at radius 3 is 2.32 bits per heavy atom. The highest BCUT2D eigenvalue weighted by Gasteiger charge is 2.25. The van der Waals surface area contributed by atoms with Gasteiger partial charge in [0.15, 0.2) is 4.91 Å². The molecule has 0 aliphatic carbocycles. The van der Waals surface area contributed by atoms with Crippen LogP contribution in [0.3, 0.4) is 0 Å². The van der Waals surface area contributed by atoms with Crippen LogP contribution in [0.25, 0.3) is 0 Å². The first-order chi connectivity index (χ1) is 14.8. The lowest BCUT2D eigenvalue weighted by atomic mass is 10.2. The smallest absolute Gasteiger partial charge is 0.219 e. The molecule has 7 heteroatoms. The van der Waals surface area contributed by atoms with E-state index in [2.05, 4.69) is 5.32 Å². The maximum absolute atomic E-state index is 13.2. The number of nitrogens with one attached hydrogen (secondary N) is 1. The molecule has 158 valence electrons. The molecular weight excluding hydrogens is 448 g/mol. The summed E-state index contributed by atoms with van der Waals surface area (Å²) in [5.41, 5.74) is 3.67. The highest BCUT2D eigenvalue weighted by molar-refractivity contribution is 8.04. The molecule has 3 rings (SSSR count). The van der Waals surface area contributed by atoms with Gasteiger partial charge in [-0.15, -0.1) is 11.8 Å². The Morgan fingerprint density at radius 2 is 1.71 bits per heavy atom. The highest BCUT2D eigenvalue weighted by atomic mass is 35.5. The lowest BCUT2D eigenvalue weighted by Gasteiger charge is -2.15. The van der Waals surface area contributed by atoms with Gasteiger partial charge in [-0.2, -0.15) is 5.26 Å². The molecule has 0 bridgehead atoms. The fourth-order valence-corrected chi connectivity index (χ4v) is 5.47. The van der Waals surface area contributed by atoms with E-state index in [1.165, 1.54) is 23.9 Å². The van der Waals surface area contributed by atoms with Crippen molar-refractivity contribution in [3.8, 4) is 6.07 Å². The minimum atomic E-state index is -4.00. The van der Waals surface area contributed by atoms with Crippen LogP contribution >= 0.6 is 23.4 Å². The monoisotopic (exact) mass is 468 g/mol. The van der Waals surface area contributed by atoms with Crippen molar-refractivity contribution in [3.63, 3.8) is 0 Å². The van der Waals surface area contributed by atoms with Gasteiger partial charge < -0.3 is 5.32 Å². The predicted molar refractivity (Wildman–Crippen MR) is 129 cm³/mol. The Labute approximate surface area is 192 Å². The quantitative estimate of drug-likeness (QED) is 0.402. The first kappa shape index (κ1) is 23.0. The lowest BCUT2D eigenvalue weighted by Crippen LogP contribution is -2.10. The lowest BCUT2D eigenvalue weighted by molar-refractivity contribution is 0.603. The Hall–Kier alpha value is -2.72. The molecule has 31 heavy (non-hydrogen) atoms. The number of anilines is 1. The van der Waals surface area contributed by atoms with Crippen molar-refractivity contribution < 1.29 is 8.42 Å². The third-order valence-corrected chi connectivity index (χ3v) is 7.90. The second kappa shape index (κ2) is 10.1. The summed E-state index contributed by atoms with van der Waals surface area (Å²) in [7, 11) is -4.00. The van der Waals surface area contributed by atoms with Crippen molar-refractivity contribution >= 4 is 38.9 Å². The van der Waals surface area contributed by atoms with Crippen molar-refractivity contribution in [1.29, 1.82) is 5.26 Å². The second-order valence-corrected chi connectivity index (χ2v) is 10.2. The fourth-order valence-electron chi connectivity index (χ4n) is 2.75. The number of aryl methyl sites for hydroxylation is 2. The SMILES string of the molecule is Cc1ccc(CSC(Nc2ccc(C)c(Cl)c2)=C(C#N)S(=O)(=O)c2ccccc2)cc1.